The van der Waals surface area contributed by atoms with Crippen LogP contribution in [0.3, 0.4) is 0 Å². The van der Waals surface area contributed by atoms with Crippen LogP contribution in [0.15, 0.2) is 84.9 Å². The summed E-state index contributed by atoms with van der Waals surface area (Å²) in [6, 6.07) is 24.3. The second-order valence-electron chi connectivity index (χ2n) is 7.54. The molecule has 156 valence electrons. The Balaban J connectivity index is 1.60. The van der Waals surface area contributed by atoms with Gasteiger partial charge < -0.3 is 10.2 Å². The van der Waals surface area contributed by atoms with Gasteiger partial charge in [0.25, 0.3) is 5.91 Å². The summed E-state index contributed by atoms with van der Waals surface area (Å²) < 4.78 is 0. The predicted molar refractivity (Wildman–Crippen MR) is 120 cm³/mol. The van der Waals surface area contributed by atoms with Gasteiger partial charge in [0.15, 0.2) is 0 Å². The Morgan fingerprint density at radius 2 is 1.48 bits per heavy atom. The van der Waals surface area contributed by atoms with E-state index in [1.807, 2.05) is 55.5 Å². The molecule has 0 spiro atoms. The normalized spacial score (nSPS) is 16.0. The molecule has 4 amide bonds. The zero-order valence-electron chi connectivity index (χ0n) is 17.2. The fraction of sp³-hybridized carbons (Fsp3) is 0.160. The first-order valence-electron chi connectivity index (χ1n) is 10.1. The number of anilines is 2. The van der Waals surface area contributed by atoms with Gasteiger partial charge in [0.1, 0.15) is 6.04 Å². The monoisotopic (exact) mass is 413 g/mol. The number of amides is 4. The van der Waals surface area contributed by atoms with Gasteiger partial charge >= 0.3 is 6.03 Å². The molecule has 0 aliphatic carbocycles. The summed E-state index contributed by atoms with van der Waals surface area (Å²) in [7, 11) is 0. The van der Waals surface area contributed by atoms with Crippen LogP contribution in [0.1, 0.15) is 17.5 Å². The number of carbonyl (C=O) groups is 3. The van der Waals surface area contributed by atoms with Crippen molar-refractivity contribution >= 4 is 29.2 Å². The van der Waals surface area contributed by atoms with E-state index >= 15 is 0 Å². The van der Waals surface area contributed by atoms with Crippen LogP contribution < -0.4 is 10.2 Å². The summed E-state index contributed by atoms with van der Waals surface area (Å²) in [5.74, 6) is -0.715. The van der Waals surface area contributed by atoms with E-state index in [-0.39, 0.29) is 18.9 Å². The second-order valence-corrected chi connectivity index (χ2v) is 7.54. The zero-order chi connectivity index (χ0) is 21.8. The Morgan fingerprint density at radius 3 is 2.13 bits per heavy atom. The standard InChI is InChI=1S/C25H23N3O3/c1-18-12-14-19(15-13-18)17-27-22(16-23(29)26-20-8-4-2-5-9-20)24(30)28(25(27)31)21-10-6-3-7-11-21/h2-15,22H,16-17H2,1H3,(H,26,29)/t22-/m0/s1. The molecule has 1 N–H and O–H groups in total. The number of para-hydroxylation sites is 2. The third kappa shape index (κ3) is 4.48. The summed E-state index contributed by atoms with van der Waals surface area (Å²) in [6.45, 7) is 2.24. The lowest BCUT2D eigenvalue weighted by atomic mass is 10.1. The molecule has 4 rings (SSSR count). The summed E-state index contributed by atoms with van der Waals surface area (Å²) in [5, 5.41) is 2.80. The maximum Gasteiger partial charge on any atom is 0.332 e. The van der Waals surface area contributed by atoms with Crippen LogP contribution >= 0.6 is 0 Å². The molecule has 6 nitrogen and oxygen atoms in total. The second kappa shape index (κ2) is 8.83. The fourth-order valence-electron chi connectivity index (χ4n) is 3.63. The lowest BCUT2D eigenvalue weighted by Gasteiger charge is -2.21. The lowest BCUT2D eigenvalue weighted by Crippen LogP contribution is -2.37. The van der Waals surface area contributed by atoms with Gasteiger partial charge in [0, 0.05) is 12.2 Å². The molecule has 6 heteroatoms. The number of hydrogen-bond acceptors (Lipinski definition) is 3. The van der Waals surface area contributed by atoms with E-state index < -0.39 is 18.0 Å². The smallest absolute Gasteiger partial charge is 0.326 e. The molecule has 1 heterocycles. The van der Waals surface area contributed by atoms with Gasteiger partial charge in [-0.1, -0.05) is 66.2 Å². The van der Waals surface area contributed by atoms with Gasteiger partial charge in [0.05, 0.1) is 12.1 Å². The summed E-state index contributed by atoms with van der Waals surface area (Å²) in [6.07, 6.45) is -0.116. The van der Waals surface area contributed by atoms with Crippen molar-refractivity contribution in [3.05, 3.63) is 96.1 Å². The Hall–Kier alpha value is -3.93. The van der Waals surface area contributed by atoms with Crippen molar-refractivity contribution in [1.29, 1.82) is 0 Å². The number of nitrogens with zero attached hydrogens (tertiary/aromatic N) is 2. The van der Waals surface area contributed by atoms with Crippen LogP contribution in [-0.4, -0.2) is 28.8 Å². The lowest BCUT2D eigenvalue weighted by molar-refractivity contribution is -0.124. The summed E-state index contributed by atoms with van der Waals surface area (Å²) in [4.78, 5) is 41.8. The van der Waals surface area contributed by atoms with Crippen molar-refractivity contribution < 1.29 is 14.4 Å². The Labute approximate surface area is 181 Å². The molecule has 1 fully saturated rings. The number of nitrogens with one attached hydrogen (secondary N) is 1. The number of aryl methyl sites for hydroxylation is 1. The van der Waals surface area contributed by atoms with Gasteiger partial charge in [-0.2, -0.15) is 0 Å². The molecule has 0 radical (unpaired) electrons. The molecule has 0 unspecified atom stereocenters. The highest BCUT2D eigenvalue weighted by Gasteiger charge is 2.46. The number of carbonyl (C=O) groups excluding carboxylic acids is 3. The van der Waals surface area contributed by atoms with Crippen LogP contribution in [-0.2, 0) is 16.1 Å². The summed E-state index contributed by atoms with van der Waals surface area (Å²) in [5.41, 5.74) is 3.15. The molecule has 1 aliphatic heterocycles. The third-order valence-corrected chi connectivity index (χ3v) is 5.24. The highest BCUT2D eigenvalue weighted by molar-refractivity contribution is 6.22. The van der Waals surface area contributed by atoms with E-state index in [0.717, 1.165) is 16.0 Å². The van der Waals surface area contributed by atoms with Crippen molar-refractivity contribution in [1.82, 2.24) is 4.90 Å². The number of rotatable bonds is 6. The molecule has 0 aromatic heterocycles. The van der Waals surface area contributed by atoms with Crippen molar-refractivity contribution in [3.63, 3.8) is 0 Å². The van der Waals surface area contributed by atoms with Gasteiger partial charge in [-0.05, 0) is 36.8 Å². The van der Waals surface area contributed by atoms with Crippen LogP contribution in [0.4, 0.5) is 16.2 Å². The maximum atomic E-state index is 13.2. The molecule has 1 atom stereocenters. The van der Waals surface area contributed by atoms with E-state index in [1.54, 1.807) is 36.4 Å². The van der Waals surface area contributed by atoms with Crippen molar-refractivity contribution in [3.8, 4) is 0 Å². The highest BCUT2D eigenvalue weighted by atomic mass is 16.2. The van der Waals surface area contributed by atoms with Crippen molar-refractivity contribution in [2.75, 3.05) is 10.2 Å². The maximum absolute atomic E-state index is 13.2. The average Bonchev–Trinajstić information content (AvgIpc) is 3.00. The first-order chi connectivity index (χ1) is 15.0. The van der Waals surface area contributed by atoms with Gasteiger partial charge in [-0.15, -0.1) is 0 Å². The summed E-state index contributed by atoms with van der Waals surface area (Å²) >= 11 is 0. The predicted octanol–water partition coefficient (Wildman–Crippen LogP) is 4.36. The van der Waals surface area contributed by atoms with E-state index in [2.05, 4.69) is 5.32 Å². The van der Waals surface area contributed by atoms with Crippen LogP contribution in [0.25, 0.3) is 0 Å². The minimum atomic E-state index is -0.877. The minimum Gasteiger partial charge on any atom is -0.326 e. The number of urea groups is 1. The molecular formula is C25H23N3O3. The molecule has 0 saturated carbocycles. The Kier molecular flexibility index (Phi) is 5.80. The quantitative estimate of drug-likeness (QED) is 0.611. The SMILES string of the molecule is Cc1ccc(CN2C(=O)N(c3ccccc3)C(=O)[C@@H]2CC(=O)Nc2ccccc2)cc1. The molecule has 3 aromatic carbocycles. The molecule has 1 aliphatic rings. The number of imide groups is 1. The first-order valence-corrected chi connectivity index (χ1v) is 10.1. The van der Waals surface area contributed by atoms with Crippen molar-refractivity contribution in [2.45, 2.75) is 25.9 Å². The van der Waals surface area contributed by atoms with Crippen LogP contribution in [0.2, 0.25) is 0 Å². The van der Waals surface area contributed by atoms with Crippen LogP contribution in [0, 0.1) is 6.92 Å². The Morgan fingerprint density at radius 1 is 0.871 bits per heavy atom. The Bertz CT molecular complexity index is 1080. The topological polar surface area (TPSA) is 69.7 Å². The number of hydrogen-bond donors (Lipinski definition) is 1. The van der Waals surface area contributed by atoms with E-state index in [4.69, 9.17) is 0 Å². The van der Waals surface area contributed by atoms with Gasteiger partial charge in [-0.3, -0.25) is 9.59 Å². The fourth-order valence-corrected chi connectivity index (χ4v) is 3.63. The molecule has 0 bridgehead atoms. The molecule has 3 aromatic rings. The largest absolute Gasteiger partial charge is 0.332 e. The minimum absolute atomic E-state index is 0.116. The van der Waals surface area contributed by atoms with Crippen molar-refractivity contribution in [2.24, 2.45) is 0 Å². The average molecular weight is 413 g/mol. The third-order valence-electron chi connectivity index (χ3n) is 5.24. The van der Waals surface area contributed by atoms with E-state index in [0.29, 0.717) is 11.4 Å². The zero-order valence-corrected chi connectivity index (χ0v) is 17.2. The van der Waals surface area contributed by atoms with E-state index in [9.17, 15) is 14.4 Å². The molecular weight excluding hydrogens is 390 g/mol. The van der Waals surface area contributed by atoms with E-state index in [1.165, 1.54) is 4.90 Å². The van der Waals surface area contributed by atoms with Crippen LogP contribution in [0.5, 0.6) is 0 Å². The van der Waals surface area contributed by atoms with Gasteiger partial charge in [-0.25, -0.2) is 9.69 Å². The van der Waals surface area contributed by atoms with Gasteiger partial charge in [0.2, 0.25) is 5.91 Å². The first kappa shape index (κ1) is 20.3. The molecule has 1 saturated heterocycles. The number of benzene rings is 3. The molecule has 31 heavy (non-hydrogen) atoms. The highest BCUT2D eigenvalue weighted by Crippen LogP contribution is 2.28.